The standard InChI is InChI=1S/C11H17N3O2/c1-2-3-15-10-6-11(14-7-13-10)16-9-4-8(12)5-9/h6-9H,2-5,12H2,1H3. The van der Waals surface area contributed by atoms with Gasteiger partial charge < -0.3 is 15.2 Å². The Kier molecular flexibility index (Phi) is 3.56. The molecule has 0 saturated heterocycles. The second-order valence-electron chi connectivity index (χ2n) is 4.01. The zero-order chi connectivity index (χ0) is 11.4. The van der Waals surface area contributed by atoms with Crippen molar-refractivity contribution in [1.29, 1.82) is 0 Å². The van der Waals surface area contributed by atoms with Gasteiger partial charge in [0, 0.05) is 6.04 Å². The number of aromatic nitrogens is 2. The molecule has 1 saturated carbocycles. The monoisotopic (exact) mass is 223 g/mol. The second-order valence-corrected chi connectivity index (χ2v) is 4.01. The Balaban J connectivity index is 1.88. The molecule has 1 aromatic rings. The quantitative estimate of drug-likeness (QED) is 0.810. The van der Waals surface area contributed by atoms with Gasteiger partial charge in [0.25, 0.3) is 0 Å². The lowest BCUT2D eigenvalue weighted by molar-refractivity contribution is 0.0951. The molecule has 1 aliphatic rings. The molecule has 5 nitrogen and oxygen atoms in total. The highest BCUT2D eigenvalue weighted by Gasteiger charge is 2.28. The lowest BCUT2D eigenvalue weighted by Crippen LogP contribution is -2.43. The van der Waals surface area contributed by atoms with Crippen LogP contribution in [0.15, 0.2) is 12.4 Å². The van der Waals surface area contributed by atoms with Crippen LogP contribution in [0.2, 0.25) is 0 Å². The van der Waals surface area contributed by atoms with Crippen molar-refractivity contribution in [2.24, 2.45) is 5.73 Å². The first-order valence-corrected chi connectivity index (χ1v) is 5.65. The predicted molar refractivity (Wildman–Crippen MR) is 59.4 cm³/mol. The van der Waals surface area contributed by atoms with Gasteiger partial charge in [-0.05, 0) is 19.3 Å². The molecule has 0 aromatic carbocycles. The molecule has 0 amide bonds. The van der Waals surface area contributed by atoms with Gasteiger partial charge in [0.05, 0.1) is 12.7 Å². The SMILES string of the molecule is CCCOc1cc(OC2CC(N)C2)ncn1. The molecule has 88 valence electrons. The molecule has 1 aromatic heterocycles. The van der Waals surface area contributed by atoms with E-state index in [-0.39, 0.29) is 12.1 Å². The van der Waals surface area contributed by atoms with Crippen LogP contribution in [-0.4, -0.2) is 28.7 Å². The minimum Gasteiger partial charge on any atom is -0.478 e. The Morgan fingerprint density at radius 3 is 2.81 bits per heavy atom. The van der Waals surface area contributed by atoms with E-state index in [2.05, 4.69) is 9.97 Å². The maximum Gasteiger partial charge on any atom is 0.220 e. The van der Waals surface area contributed by atoms with Gasteiger partial charge in [0.15, 0.2) is 0 Å². The summed E-state index contributed by atoms with van der Waals surface area (Å²) in [5.74, 6) is 1.13. The van der Waals surface area contributed by atoms with Crippen LogP contribution in [0.5, 0.6) is 11.8 Å². The number of ether oxygens (including phenoxy) is 2. The summed E-state index contributed by atoms with van der Waals surface area (Å²) in [6, 6.07) is 2.00. The van der Waals surface area contributed by atoms with Crippen LogP contribution in [0.3, 0.4) is 0 Å². The molecule has 5 heteroatoms. The van der Waals surface area contributed by atoms with E-state index in [1.807, 2.05) is 6.92 Å². The van der Waals surface area contributed by atoms with Crippen LogP contribution < -0.4 is 15.2 Å². The summed E-state index contributed by atoms with van der Waals surface area (Å²) >= 11 is 0. The lowest BCUT2D eigenvalue weighted by atomic mass is 9.90. The Morgan fingerprint density at radius 1 is 1.38 bits per heavy atom. The van der Waals surface area contributed by atoms with E-state index >= 15 is 0 Å². The lowest BCUT2D eigenvalue weighted by Gasteiger charge is -2.31. The van der Waals surface area contributed by atoms with Gasteiger partial charge in [-0.1, -0.05) is 6.92 Å². The van der Waals surface area contributed by atoms with Crippen LogP contribution >= 0.6 is 0 Å². The highest BCUT2D eigenvalue weighted by Crippen LogP contribution is 2.24. The molecule has 0 unspecified atom stereocenters. The van der Waals surface area contributed by atoms with Gasteiger partial charge in [0.1, 0.15) is 12.4 Å². The van der Waals surface area contributed by atoms with E-state index < -0.39 is 0 Å². The highest BCUT2D eigenvalue weighted by atomic mass is 16.5. The Hall–Kier alpha value is -1.36. The number of nitrogens with zero attached hydrogens (tertiary/aromatic N) is 2. The van der Waals surface area contributed by atoms with Crippen molar-refractivity contribution in [3.8, 4) is 11.8 Å². The summed E-state index contributed by atoms with van der Waals surface area (Å²) in [6.07, 6.45) is 4.41. The van der Waals surface area contributed by atoms with E-state index in [0.717, 1.165) is 19.3 Å². The third-order valence-electron chi connectivity index (χ3n) is 2.49. The van der Waals surface area contributed by atoms with Gasteiger partial charge in [-0.3, -0.25) is 0 Å². The second kappa shape index (κ2) is 5.12. The van der Waals surface area contributed by atoms with Crippen LogP contribution in [0.25, 0.3) is 0 Å². The first-order chi connectivity index (χ1) is 7.78. The third kappa shape index (κ3) is 2.82. The minimum absolute atomic E-state index is 0.198. The van der Waals surface area contributed by atoms with Crippen molar-refractivity contribution in [2.45, 2.75) is 38.3 Å². The van der Waals surface area contributed by atoms with Crippen LogP contribution in [0.4, 0.5) is 0 Å². The van der Waals surface area contributed by atoms with Gasteiger partial charge in [-0.15, -0.1) is 0 Å². The highest BCUT2D eigenvalue weighted by molar-refractivity contribution is 5.18. The third-order valence-corrected chi connectivity index (χ3v) is 2.49. The summed E-state index contributed by atoms with van der Waals surface area (Å²) in [5.41, 5.74) is 5.68. The molecule has 2 rings (SSSR count). The summed E-state index contributed by atoms with van der Waals surface area (Å²) in [4.78, 5) is 8.05. The van der Waals surface area contributed by atoms with E-state index in [1.54, 1.807) is 6.07 Å². The zero-order valence-electron chi connectivity index (χ0n) is 9.43. The molecule has 1 heterocycles. The fraction of sp³-hybridized carbons (Fsp3) is 0.636. The first kappa shape index (κ1) is 11.1. The largest absolute Gasteiger partial charge is 0.478 e. The zero-order valence-corrected chi connectivity index (χ0v) is 9.43. The number of hydrogen-bond acceptors (Lipinski definition) is 5. The Bertz CT molecular complexity index is 340. The predicted octanol–water partition coefficient (Wildman–Crippen LogP) is 1.13. The molecule has 0 spiro atoms. The fourth-order valence-electron chi connectivity index (χ4n) is 1.55. The molecule has 1 aliphatic carbocycles. The van der Waals surface area contributed by atoms with E-state index in [4.69, 9.17) is 15.2 Å². The minimum atomic E-state index is 0.198. The van der Waals surface area contributed by atoms with Crippen LogP contribution in [0.1, 0.15) is 26.2 Å². The van der Waals surface area contributed by atoms with E-state index in [0.29, 0.717) is 18.4 Å². The molecule has 0 aliphatic heterocycles. The molecular weight excluding hydrogens is 206 g/mol. The van der Waals surface area contributed by atoms with Gasteiger partial charge in [-0.2, -0.15) is 0 Å². The Labute approximate surface area is 95.0 Å². The van der Waals surface area contributed by atoms with Gasteiger partial charge in [0.2, 0.25) is 11.8 Å². The first-order valence-electron chi connectivity index (χ1n) is 5.65. The molecule has 0 bridgehead atoms. The number of hydrogen-bond donors (Lipinski definition) is 1. The van der Waals surface area contributed by atoms with Crippen molar-refractivity contribution in [3.05, 3.63) is 12.4 Å². The van der Waals surface area contributed by atoms with Crippen molar-refractivity contribution >= 4 is 0 Å². The Morgan fingerprint density at radius 2 is 2.12 bits per heavy atom. The van der Waals surface area contributed by atoms with Crippen molar-refractivity contribution in [2.75, 3.05) is 6.61 Å². The summed E-state index contributed by atoms with van der Waals surface area (Å²) in [5, 5.41) is 0. The average Bonchev–Trinajstić information content (AvgIpc) is 2.25. The van der Waals surface area contributed by atoms with Gasteiger partial charge in [-0.25, -0.2) is 9.97 Å². The molecule has 1 fully saturated rings. The van der Waals surface area contributed by atoms with Crippen molar-refractivity contribution in [1.82, 2.24) is 9.97 Å². The van der Waals surface area contributed by atoms with E-state index in [9.17, 15) is 0 Å². The smallest absolute Gasteiger partial charge is 0.220 e. The normalized spacial score (nSPS) is 23.6. The topological polar surface area (TPSA) is 70.3 Å². The van der Waals surface area contributed by atoms with Crippen LogP contribution in [0, 0.1) is 0 Å². The number of nitrogens with two attached hydrogens (primary N) is 1. The molecule has 2 N–H and O–H groups in total. The van der Waals surface area contributed by atoms with Crippen molar-refractivity contribution < 1.29 is 9.47 Å². The fourth-order valence-corrected chi connectivity index (χ4v) is 1.55. The number of rotatable bonds is 5. The summed E-state index contributed by atoms with van der Waals surface area (Å²) < 4.78 is 11.0. The molecular formula is C11H17N3O2. The summed E-state index contributed by atoms with van der Waals surface area (Å²) in [7, 11) is 0. The molecule has 16 heavy (non-hydrogen) atoms. The van der Waals surface area contributed by atoms with E-state index in [1.165, 1.54) is 6.33 Å². The van der Waals surface area contributed by atoms with Crippen LogP contribution in [-0.2, 0) is 0 Å². The molecule has 0 atom stereocenters. The summed E-state index contributed by atoms with van der Waals surface area (Å²) in [6.45, 7) is 2.71. The maximum absolute atomic E-state index is 5.68. The average molecular weight is 223 g/mol. The van der Waals surface area contributed by atoms with Crippen molar-refractivity contribution in [3.63, 3.8) is 0 Å². The molecule has 0 radical (unpaired) electrons. The maximum atomic E-state index is 5.68. The van der Waals surface area contributed by atoms with Gasteiger partial charge >= 0.3 is 0 Å².